The summed E-state index contributed by atoms with van der Waals surface area (Å²) >= 11 is 8.72. The fourth-order valence-corrected chi connectivity index (χ4v) is 11.3. The second-order valence-electron chi connectivity index (χ2n) is 15.0. The highest BCUT2D eigenvalue weighted by atomic mass is 32.7. The van der Waals surface area contributed by atoms with Gasteiger partial charge in [-0.2, -0.15) is 0 Å². The number of amides is 2. The van der Waals surface area contributed by atoms with Gasteiger partial charge in [0.25, 0.3) is 11.8 Å². The molecule has 0 radical (unpaired) electrons. The second kappa shape index (κ2) is 15.0. The van der Waals surface area contributed by atoms with E-state index in [4.69, 9.17) is 37.0 Å². The fraction of sp³-hybridized carbons (Fsp3) is 0.333. The number of hydrogen-bond acceptors (Lipinski definition) is 18. The predicted octanol–water partition coefficient (Wildman–Crippen LogP) is 4.40. The molecule has 5 aliphatic heterocycles. The summed E-state index contributed by atoms with van der Waals surface area (Å²) in [6.45, 7) is -9.87. The number of rotatable bonds is 6. The van der Waals surface area contributed by atoms with Crippen molar-refractivity contribution in [1.82, 2.24) is 39.0 Å². The van der Waals surface area contributed by atoms with E-state index in [-0.39, 0.29) is 47.2 Å². The van der Waals surface area contributed by atoms with Crippen molar-refractivity contribution in [2.24, 2.45) is 0 Å². The van der Waals surface area contributed by atoms with Crippen molar-refractivity contribution in [3.05, 3.63) is 97.1 Å². The van der Waals surface area contributed by atoms with E-state index >= 15 is 0 Å². The lowest BCUT2D eigenvalue weighted by molar-refractivity contribution is -0.186. The summed E-state index contributed by atoms with van der Waals surface area (Å²) in [5, 5.41) is 5.53. The summed E-state index contributed by atoms with van der Waals surface area (Å²) in [6, 6.07) is 17.2. The summed E-state index contributed by atoms with van der Waals surface area (Å²) in [7, 11) is 0. The summed E-state index contributed by atoms with van der Waals surface area (Å²) in [6.07, 6.45) is -0.951. The van der Waals surface area contributed by atoms with Crippen LogP contribution in [0.1, 0.15) is 33.2 Å². The first kappa shape index (κ1) is 40.1. The number of aromatic nitrogens is 8. The van der Waals surface area contributed by atoms with Gasteiger partial charge in [0.15, 0.2) is 46.4 Å². The maximum absolute atomic E-state index is 14.2. The third kappa shape index (κ3) is 6.77. The van der Waals surface area contributed by atoms with E-state index in [1.54, 1.807) is 69.8 Å². The van der Waals surface area contributed by atoms with Gasteiger partial charge < -0.3 is 29.6 Å². The number of hydrogen-bond donors (Lipinski definition) is 4. The molecule has 5 aliphatic rings. The van der Waals surface area contributed by atoms with Crippen molar-refractivity contribution in [3.8, 4) is 0 Å². The average molecular weight is 923 g/mol. The first-order chi connectivity index (χ1) is 29.9. The Morgan fingerprint density at radius 3 is 1.45 bits per heavy atom. The second-order valence-corrected chi connectivity index (χ2v) is 20.7. The molecule has 6 aromatic rings. The molecule has 0 aliphatic carbocycles. The standard InChI is InChI=1S/C36H32N10O12P2S2/c47-31(19-7-3-1-4-8-19)43-27-21-29(39-15-37-27)45(17-41-21)33-23-25-35(55-33,11-51-23)13-53-60(50,62)58-26-24-34(56-36(26,12-52-24)14-54-59(49,61)57-25)46-18-42-22-28(38-16-40-30(22)46)44-32(48)20-9-5-2-6-10-20/h1-10,15-18,23-26,33-34H,11-14H2,(H,49,61)(H,50,62)(H,37,39,43,47)(H,38,40,44,48)/t23-,24-,25+,26+,33-,34?,35-,36-,59-,60+/m1/s1. The molecule has 2 aromatic carbocycles. The van der Waals surface area contributed by atoms with Crippen LogP contribution in [0, 0.1) is 0 Å². The van der Waals surface area contributed by atoms with Crippen molar-refractivity contribution in [1.29, 1.82) is 0 Å². The van der Waals surface area contributed by atoms with Crippen LogP contribution >= 0.6 is 38.1 Å². The van der Waals surface area contributed by atoms with Gasteiger partial charge in [0.05, 0.1) is 39.1 Å². The van der Waals surface area contributed by atoms with E-state index < -0.39 is 86.7 Å². The van der Waals surface area contributed by atoms with E-state index in [9.17, 15) is 18.7 Å². The minimum atomic E-state index is -4.31. The first-order valence-corrected chi connectivity index (χ1v) is 24.3. The number of ether oxygens (including phenoxy) is 4. The molecule has 4 bridgehead atoms. The van der Waals surface area contributed by atoms with Crippen LogP contribution in [0.5, 0.6) is 0 Å². The van der Waals surface area contributed by atoms with Crippen molar-refractivity contribution < 1.29 is 55.8 Å². The molecular formula is C36H32N10O12P2S2. The van der Waals surface area contributed by atoms with Gasteiger partial charge in [0.1, 0.15) is 48.3 Å². The van der Waals surface area contributed by atoms with E-state index in [1.165, 1.54) is 25.3 Å². The maximum Gasteiger partial charge on any atom is 0.386 e. The van der Waals surface area contributed by atoms with Crippen LogP contribution in [-0.4, -0.2) is 113 Å². The lowest BCUT2D eigenvalue weighted by Crippen LogP contribution is -2.48. The van der Waals surface area contributed by atoms with Crippen LogP contribution in [0.15, 0.2) is 86.0 Å². The number of fused-ring (bicyclic) bond motifs is 2. The Balaban J connectivity index is 0.859. The van der Waals surface area contributed by atoms with Gasteiger partial charge >= 0.3 is 13.6 Å². The molecular weight excluding hydrogens is 891 g/mol. The van der Waals surface area contributed by atoms with Crippen LogP contribution in [0.2, 0.25) is 0 Å². The quantitative estimate of drug-likeness (QED) is 0.133. The van der Waals surface area contributed by atoms with E-state index in [1.807, 2.05) is 0 Å². The molecule has 62 heavy (non-hydrogen) atoms. The molecule has 5 fully saturated rings. The normalized spacial score (nSPS) is 34.0. The Labute approximate surface area is 359 Å². The number of carbonyl (C=O) groups excluding carboxylic acids is 2. The van der Waals surface area contributed by atoms with Crippen molar-refractivity contribution >= 4 is 83.9 Å². The van der Waals surface area contributed by atoms with Crippen molar-refractivity contribution in [2.45, 2.75) is 48.1 Å². The van der Waals surface area contributed by atoms with Crippen molar-refractivity contribution in [2.75, 3.05) is 37.1 Å². The maximum atomic E-state index is 14.2. The number of thiol groups is 2. The molecule has 0 saturated carbocycles. The smallest absolute Gasteiger partial charge is 0.367 e. The molecule has 5 saturated heterocycles. The van der Waals surface area contributed by atoms with Crippen LogP contribution < -0.4 is 10.6 Å². The Morgan fingerprint density at radius 1 is 0.613 bits per heavy atom. The number of nitrogens with one attached hydrogen (secondary N) is 2. The van der Waals surface area contributed by atoms with Gasteiger partial charge in [-0.15, -0.1) is 0 Å². The van der Waals surface area contributed by atoms with Crippen molar-refractivity contribution in [3.63, 3.8) is 0 Å². The van der Waals surface area contributed by atoms with E-state index in [0.29, 0.717) is 11.1 Å². The van der Waals surface area contributed by atoms with Gasteiger partial charge in [0, 0.05) is 11.1 Å². The Morgan fingerprint density at radius 2 is 1.03 bits per heavy atom. The molecule has 4 aromatic heterocycles. The number of carbonyl (C=O) groups is 2. The zero-order chi connectivity index (χ0) is 42.4. The lowest BCUT2D eigenvalue weighted by Gasteiger charge is -2.35. The minimum absolute atomic E-state index is 0.145. The number of anilines is 2. The molecule has 11 rings (SSSR count). The third-order valence-electron chi connectivity index (χ3n) is 11.2. The average Bonchev–Trinajstić information content (AvgIpc) is 4.13. The summed E-state index contributed by atoms with van der Waals surface area (Å²) in [5.41, 5.74) is -1.22. The highest BCUT2D eigenvalue weighted by Gasteiger charge is 2.68. The number of nitrogens with zero attached hydrogens (tertiary/aromatic N) is 8. The number of benzene rings is 2. The van der Waals surface area contributed by atoms with Crippen LogP contribution in [0.3, 0.4) is 0 Å². The summed E-state index contributed by atoms with van der Waals surface area (Å²) in [5.74, 6) is -0.509. The molecule has 9 heterocycles. The Bertz CT molecular complexity index is 2670. The van der Waals surface area contributed by atoms with Gasteiger partial charge in [-0.25, -0.2) is 39.0 Å². The third-order valence-corrected chi connectivity index (χ3v) is 14.3. The highest BCUT2D eigenvalue weighted by molar-refractivity contribution is 8.44. The fourth-order valence-electron chi connectivity index (χ4n) is 8.28. The predicted molar refractivity (Wildman–Crippen MR) is 219 cm³/mol. The number of imidazole rings is 2. The molecule has 22 nitrogen and oxygen atoms in total. The van der Waals surface area contributed by atoms with Gasteiger partial charge in [-0.05, 0) is 24.3 Å². The minimum Gasteiger partial charge on any atom is -0.367 e. The SMILES string of the molecule is O=C(Nc1ncnc2c1ncn2C1O[C@@]23CO[C@@H]1[C@@H]2O[P@@](=O)(S)OC[C@@]12CO[C@@H]([C@H](n4cnc5c(NC(=O)c6ccccc6)ncnc54)O1)[C@@H]2O[P@](=O)(S)OC3)c1ccccc1. The zero-order valence-corrected chi connectivity index (χ0v) is 35.2. The monoisotopic (exact) mass is 922 g/mol. The topological polar surface area (TPSA) is 253 Å². The molecule has 10 atom stereocenters. The van der Waals surface area contributed by atoms with Crippen LogP contribution in [0.25, 0.3) is 22.3 Å². The molecule has 26 heteroatoms. The van der Waals surface area contributed by atoms with Gasteiger partial charge in [-0.1, -0.05) is 60.9 Å². The molecule has 2 N–H and O–H groups in total. The lowest BCUT2D eigenvalue weighted by atomic mass is 10.0. The molecule has 320 valence electrons. The highest BCUT2D eigenvalue weighted by Crippen LogP contribution is 2.65. The van der Waals surface area contributed by atoms with Gasteiger partial charge in [-0.3, -0.25) is 36.8 Å². The van der Waals surface area contributed by atoms with E-state index in [2.05, 4.69) is 65.0 Å². The molecule has 2 amide bonds. The summed E-state index contributed by atoms with van der Waals surface area (Å²) < 4.78 is 81.2. The van der Waals surface area contributed by atoms with Crippen LogP contribution in [0.4, 0.5) is 11.6 Å². The van der Waals surface area contributed by atoms with E-state index in [0.717, 1.165) is 0 Å². The largest absolute Gasteiger partial charge is 0.386 e. The Hall–Kier alpha value is -4.68. The first-order valence-electron chi connectivity index (χ1n) is 18.9. The molecule has 1 unspecified atom stereocenters. The van der Waals surface area contributed by atoms with Gasteiger partial charge in [0.2, 0.25) is 0 Å². The van der Waals surface area contributed by atoms with Crippen LogP contribution in [-0.2, 0) is 46.2 Å². The summed E-state index contributed by atoms with van der Waals surface area (Å²) in [4.78, 5) is 52.1. The Kier molecular flexibility index (Phi) is 9.68. The molecule has 0 spiro atoms. The zero-order valence-electron chi connectivity index (χ0n) is 31.6.